The molecule has 116 valence electrons. The maximum Gasteiger partial charge on any atom is 0.119 e. The van der Waals surface area contributed by atoms with Crippen LogP contribution in [0.5, 0.6) is 5.75 Å². The predicted molar refractivity (Wildman–Crippen MR) is 86.8 cm³/mol. The Balaban J connectivity index is 1.84. The third-order valence-corrected chi connectivity index (χ3v) is 5.18. The fraction of sp³-hybridized carbons (Fsp3) is 0.667. The second-order valence-corrected chi connectivity index (χ2v) is 7.00. The van der Waals surface area contributed by atoms with Gasteiger partial charge in [-0.1, -0.05) is 19.9 Å². The van der Waals surface area contributed by atoms with Crippen molar-refractivity contribution in [2.75, 3.05) is 27.2 Å². The molecule has 0 saturated carbocycles. The van der Waals surface area contributed by atoms with Gasteiger partial charge in [-0.2, -0.15) is 0 Å². The minimum atomic E-state index is 0.424. The van der Waals surface area contributed by atoms with Gasteiger partial charge in [0.15, 0.2) is 0 Å². The molecule has 0 radical (unpaired) electrons. The van der Waals surface area contributed by atoms with E-state index in [9.17, 15) is 0 Å². The van der Waals surface area contributed by atoms with Gasteiger partial charge in [0.25, 0.3) is 0 Å². The topological polar surface area (TPSA) is 24.5 Å². The summed E-state index contributed by atoms with van der Waals surface area (Å²) in [5.74, 6) is 2.59. The molecule has 3 nitrogen and oxygen atoms in total. The van der Waals surface area contributed by atoms with Crippen molar-refractivity contribution in [3.05, 3.63) is 29.3 Å². The fourth-order valence-corrected chi connectivity index (χ4v) is 4.40. The van der Waals surface area contributed by atoms with E-state index in [-0.39, 0.29) is 0 Å². The number of nitrogens with zero attached hydrogens (tertiary/aromatic N) is 1. The van der Waals surface area contributed by atoms with Gasteiger partial charge >= 0.3 is 0 Å². The Morgan fingerprint density at radius 1 is 1.19 bits per heavy atom. The summed E-state index contributed by atoms with van der Waals surface area (Å²) in [7, 11) is 3.83. The SMILES string of the molecule is CNC1c2cc(OC)ccc2CC1N1CC(C)CC(C)C1. The minimum Gasteiger partial charge on any atom is -0.497 e. The van der Waals surface area contributed by atoms with Gasteiger partial charge in [0.2, 0.25) is 0 Å². The van der Waals surface area contributed by atoms with Gasteiger partial charge in [-0.15, -0.1) is 0 Å². The Kier molecular flexibility index (Phi) is 4.23. The van der Waals surface area contributed by atoms with Crippen LogP contribution < -0.4 is 10.1 Å². The molecule has 1 saturated heterocycles. The lowest BCUT2D eigenvalue weighted by atomic mass is 9.90. The van der Waals surface area contributed by atoms with E-state index in [1.165, 1.54) is 30.6 Å². The van der Waals surface area contributed by atoms with Gasteiger partial charge in [-0.3, -0.25) is 4.90 Å². The maximum atomic E-state index is 5.41. The number of piperidine rings is 1. The van der Waals surface area contributed by atoms with E-state index < -0.39 is 0 Å². The highest BCUT2D eigenvalue weighted by Crippen LogP contribution is 2.38. The standard InChI is InChI=1S/C18H28N2O/c1-12-7-13(2)11-20(10-12)17-8-14-5-6-15(21-4)9-16(14)18(17)19-3/h5-6,9,12-13,17-19H,7-8,10-11H2,1-4H3. The van der Waals surface area contributed by atoms with Crippen molar-refractivity contribution in [2.24, 2.45) is 11.8 Å². The number of nitrogens with one attached hydrogen (secondary N) is 1. The maximum absolute atomic E-state index is 5.41. The molecular weight excluding hydrogens is 260 g/mol. The number of fused-ring (bicyclic) bond motifs is 1. The van der Waals surface area contributed by atoms with Crippen LogP contribution in [0.25, 0.3) is 0 Å². The van der Waals surface area contributed by atoms with Crippen LogP contribution in [0.1, 0.15) is 37.4 Å². The van der Waals surface area contributed by atoms with Crippen molar-refractivity contribution in [3.8, 4) is 5.75 Å². The lowest BCUT2D eigenvalue weighted by Crippen LogP contribution is -2.48. The third-order valence-electron chi connectivity index (χ3n) is 5.18. The third kappa shape index (κ3) is 2.82. The number of likely N-dealkylation sites (tertiary alicyclic amines) is 1. The number of methoxy groups -OCH3 is 1. The van der Waals surface area contributed by atoms with Crippen LogP contribution in [-0.4, -0.2) is 38.2 Å². The molecule has 0 aromatic heterocycles. The van der Waals surface area contributed by atoms with Crippen LogP contribution in [0.2, 0.25) is 0 Å². The van der Waals surface area contributed by atoms with Gasteiger partial charge in [-0.05, 0) is 55.0 Å². The number of ether oxygens (including phenoxy) is 1. The molecule has 1 aromatic rings. The average Bonchev–Trinajstić information content (AvgIpc) is 2.83. The molecule has 1 aliphatic heterocycles. The van der Waals surface area contributed by atoms with E-state index in [1.807, 2.05) is 0 Å². The summed E-state index contributed by atoms with van der Waals surface area (Å²) in [5.41, 5.74) is 2.90. The van der Waals surface area contributed by atoms with Crippen molar-refractivity contribution in [3.63, 3.8) is 0 Å². The summed E-state index contributed by atoms with van der Waals surface area (Å²) in [5, 5.41) is 3.55. The van der Waals surface area contributed by atoms with Crippen LogP contribution in [0, 0.1) is 11.8 Å². The highest BCUT2D eigenvalue weighted by Gasteiger charge is 2.38. The Labute approximate surface area is 128 Å². The zero-order valence-electron chi connectivity index (χ0n) is 13.7. The zero-order valence-corrected chi connectivity index (χ0v) is 13.7. The van der Waals surface area contributed by atoms with Crippen molar-refractivity contribution < 1.29 is 4.74 Å². The van der Waals surface area contributed by atoms with Crippen LogP contribution in [-0.2, 0) is 6.42 Å². The molecule has 0 bridgehead atoms. The normalized spacial score (nSPS) is 33.0. The molecular formula is C18H28N2O. The molecule has 3 heteroatoms. The van der Waals surface area contributed by atoms with Gasteiger partial charge in [0.1, 0.15) is 5.75 Å². The average molecular weight is 288 g/mol. The molecule has 1 N–H and O–H groups in total. The van der Waals surface area contributed by atoms with E-state index in [4.69, 9.17) is 4.74 Å². The van der Waals surface area contributed by atoms with Crippen molar-refractivity contribution in [1.29, 1.82) is 0 Å². The summed E-state index contributed by atoms with van der Waals surface area (Å²) in [6.45, 7) is 7.25. The lowest BCUT2D eigenvalue weighted by Gasteiger charge is -2.41. The fourth-order valence-electron chi connectivity index (χ4n) is 4.40. The monoisotopic (exact) mass is 288 g/mol. The molecule has 4 unspecified atom stereocenters. The zero-order chi connectivity index (χ0) is 15.0. The van der Waals surface area contributed by atoms with Gasteiger partial charge in [-0.25, -0.2) is 0 Å². The minimum absolute atomic E-state index is 0.424. The van der Waals surface area contributed by atoms with E-state index in [0.717, 1.165) is 24.0 Å². The van der Waals surface area contributed by atoms with Crippen molar-refractivity contribution in [2.45, 2.75) is 38.8 Å². The molecule has 1 heterocycles. The molecule has 0 spiro atoms. The molecule has 0 amide bonds. The first-order valence-electron chi connectivity index (χ1n) is 8.20. The lowest BCUT2D eigenvalue weighted by molar-refractivity contribution is 0.0823. The molecule has 21 heavy (non-hydrogen) atoms. The Morgan fingerprint density at radius 2 is 1.90 bits per heavy atom. The summed E-state index contributed by atoms with van der Waals surface area (Å²) in [4.78, 5) is 2.71. The van der Waals surface area contributed by atoms with E-state index >= 15 is 0 Å². The van der Waals surface area contributed by atoms with Crippen LogP contribution in [0.15, 0.2) is 18.2 Å². The van der Waals surface area contributed by atoms with Gasteiger partial charge in [0, 0.05) is 25.2 Å². The quantitative estimate of drug-likeness (QED) is 0.925. The van der Waals surface area contributed by atoms with Crippen molar-refractivity contribution in [1.82, 2.24) is 10.2 Å². The predicted octanol–water partition coefficient (Wildman–Crippen LogP) is 2.86. The summed E-state index contributed by atoms with van der Waals surface area (Å²) < 4.78 is 5.41. The van der Waals surface area contributed by atoms with Crippen LogP contribution in [0.4, 0.5) is 0 Å². The second-order valence-electron chi connectivity index (χ2n) is 7.00. The number of likely N-dealkylation sites (N-methyl/N-ethyl adjacent to an activating group) is 1. The molecule has 3 rings (SSSR count). The van der Waals surface area contributed by atoms with E-state index in [0.29, 0.717) is 12.1 Å². The van der Waals surface area contributed by atoms with Gasteiger partial charge < -0.3 is 10.1 Å². The number of benzene rings is 1. The van der Waals surface area contributed by atoms with Crippen LogP contribution >= 0.6 is 0 Å². The summed E-state index contributed by atoms with van der Waals surface area (Å²) in [6.07, 6.45) is 2.53. The first kappa shape index (κ1) is 14.9. The molecule has 1 fully saturated rings. The first-order valence-corrected chi connectivity index (χ1v) is 8.20. The van der Waals surface area contributed by atoms with E-state index in [1.54, 1.807) is 7.11 Å². The Hall–Kier alpha value is -1.06. The summed E-state index contributed by atoms with van der Waals surface area (Å²) in [6, 6.07) is 7.56. The Morgan fingerprint density at radius 3 is 2.52 bits per heavy atom. The molecule has 4 atom stereocenters. The Bertz CT molecular complexity index is 492. The highest BCUT2D eigenvalue weighted by atomic mass is 16.5. The largest absolute Gasteiger partial charge is 0.497 e. The molecule has 1 aromatic carbocycles. The number of hydrogen-bond acceptors (Lipinski definition) is 3. The number of rotatable bonds is 3. The van der Waals surface area contributed by atoms with Crippen LogP contribution in [0.3, 0.4) is 0 Å². The van der Waals surface area contributed by atoms with Crippen molar-refractivity contribution >= 4 is 0 Å². The number of hydrogen-bond donors (Lipinski definition) is 1. The second kappa shape index (κ2) is 5.98. The smallest absolute Gasteiger partial charge is 0.119 e. The highest BCUT2D eigenvalue weighted by molar-refractivity contribution is 5.42. The molecule has 2 aliphatic rings. The first-order chi connectivity index (χ1) is 10.1. The van der Waals surface area contributed by atoms with E-state index in [2.05, 4.69) is 49.3 Å². The summed E-state index contributed by atoms with van der Waals surface area (Å²) >= 11 is 0. The van der Waals surface area contributed by atoms with Gasteiger partial charge in [0.05, 0.1) is 7.11 Å². The molecule has 1 aliphatic carbocycles.